The van der Waals surface area contributed by atoms with E-state index in [0.717, 1.165) is 22.1 Å². The Morgan fingerprint density at radius 1 is 1.28 bits per heavy atom. The zero-order chi connectivity index (χ0) is 13.1. The lowest BCUT2D eigenvalue weighted by molar-refractivity contribution is -0.747. The van der Waals surface area contributed by atoms with Gasteiger partial charge in [0.15, 0.2) is 23.1 Å². The van der Waals surface area contributed by atoms with Crippen LogP contribution in [0, 0.1) is 6.92 Å². The molecule has 0 unspecified atom stereocenters. The van der Waals surface area contributed by atoms with Crippen molar-refractivity contribution in [2.24, 2.45) is 0 Å². The number of nitrogens with zero attached hydrogens (tertiary/aromatic N) is 2. The molecule has 2 aromatic rings. The molecular weight excluding hydrogens is 248 g/mol. The summed E-state index contributed by atoms with van der Waals surface area (Å²) < 4.78 is 1.93. The van der Waals surface area contributed by atoms with E-state index in [4.69, 9.17) is 0 Å². The van der Waals surface area contributed by atoms with Crippen LogP contribution in [-0.4, -0.2) is 15.3 Å². The third-order valence-electron chi connectivity index (χ3n) is 2.49. The molecule has 5 heteroatoms. The van der Waals surface area contributed by atoms with Crippen molar-refractivity contribution in [3.63, 3.8) is 0 Å². The maximum Gasteiger partial charge on any atom is 0.289 e. The van der Waals surface area contributed by atoms with E-state index in [9.17, 15) is 10.2 Å². The van der Waals surface area contributed by atoms with Gasteiger partial charge in [-0.3, -0.25) is 0 Å². The molecule has 2 N–H and O–H groups in total. The Balaban J connectivity index is 2.26. The van der Waals surface area contributed by atoms with Gasteiger partial charge in [-0.1, -0.05) is 10.7 Å². The average molecular weight is 263 g/mol. The Kier molecular flexibility index (Phi) is 3.62. The molecule has 94 valence electrons. The summed E-state index contributed by atoms with van der Waals surface area (Å²) in [5.74, 6) is -0.217. The zero-order valence-corrected chi connectivity index (χ0v) is 11.1. The van der Waals surface area contributed by atoms with Gasteiger partial charge in [0.2, 0.25) is 0 Å². The van der Waals surface area contributed by atoms with E-state index in [1.807, 2.05) is 30.7 Å². The summed E-state index contributed by atoms with van der Waals surface area (Å²) in [5, 5.41) is 25.1. The third-order valence-corrected chi connectivity index (χ3v) is 3.42. The Labute approximate surface area is 109 Å². The molecular formula is C13H15N2O2S+. The number of aryl methyl sites for hydroxylation is 2. The highest BCUT2D eigenvalue weighted by Gasteiger charge is 2.12. The van der Waals surface area contributed by atoms with Crippen LogP contribution >= 0.6 is 11.3 Å². The van der Waals surface area contributed by atoms with Gasteiger partial charge in [-0.05, 0) is 49.0 Å². The standard InChI is InChI=1S/C13H14N2O2S/c1-3-15-13(18-9(2)14-15)7-5-10-4-6-11(16)12(17)8-10/h4-8,17H,3H2,1-2H3/p+1. The number of phenolic OH excluding ortho intramolecular Hbond substituents is 2. The SMILES string of the molecule is CC[n+]1nc(C)sc1/C=C/c1ccc(O)c(O)c1. The molecule has 2 rings (SSSR count). The third kappa shape index (κ3) is 2.68. The fraction of sp³-hybridized carbons (Fsp3) is 0.231. The lowest BCUT2D eigenvalue weighted by Gasteiger charge is -1.97. The number of hydrogen-bond donors (Lipinski definition) is 2. The number of aromatic hydroxyl groups is 2. The number of rotatable bonds is 3. The molecule has 0 bridgehead atoms. The van der Waals surface area contributed by atoms with E-state index in [2.05, 4.69) is 5.10 Å². The molecule has 0 spiro atoms. The van der Waals surface area contributed by atoms with Gasteiger partial charge in [0.1, 0.15) is 0 Å². The largest absolute Gasteiger partial charge is 0.504 e. The van der Waals surface area contributed by atoms with Crippen molar-refractivity contribution in [3.05, 3.63) is 33.8 Å². The quantitative estimate of drug-likeness (QED) is 0.660. The van der Waals surface area contributed by atoms with E-state index in [-0.39, 0.29) is 11.5 Å². The van der Waals surface area contributed by atoms with E-state index in [1.165, 1.54) is 12.1 Å². The van der Waals surface area contributed by atoms with Gasteiger partial charge in [-0.15, -0.1) is 0 Å². The predicted molar refractivity (Wildman–Crippen MR) is 71.4 cm³/mol. The number of benzene rings is 1. The molecule has 1 aromatic heterocycles. The van der Waals surface area contributed by atoms with Crippen molar-refractivity contribution >= 4 is 23.5 Å². The van der Waals surface area contributed by atoms with Gasteiger partial charge in [-0.2, -0.15) is 0 Å². The summed E-state index contributed by atoms with van der Waals surface area (Å²) in [5.41, 5.74) is 0.832. The molecule has 4 nitrogen and oxygen atoms in total. The van der Waals surface area contributed by atoms with Crippen molar-refractivity contribution in [1.82, 2.24) is 5.10 Å². The predicted octanol–water partition coefficient (Wildman–Crippen LogP) is 2.34. The Bertz CT molecular complexity index is 591. The van der Waals surface area contributed by atoms with Gasteiger partial charge in [0, 0.05) is 11.2 Å². The molecule has 0 saturated carbocycles. The number of hydrogen-bond acceptors (Lipinski definition) is 4. The molecule has 0 amide bonds. The average Bonchev–Trinajstić information content (AvgIpc) is 2.71. The van der Waals surface area contributed by atoms with E-state index < -0.39 is 0 Å². The van der Waals surface area contributed by atoms with Crippen LogP contribution in [0.3, 0.4) is 0 Å². The second-order valence-electron chi connectivity index (χ2n) is 3.86. The van der Waals surface area contributed by atoms with E-state index in [1.54, 1.807) is 17.4 Å². The van der Waals surface area contributed by atoms with Crippen LogP contribution in [0.2, 0.25) is 0 Å². The van der Waals surface area contributed by atoms with Crippen molar-refractivity contribution in [2.75, 3.05) is 0 Å². The van der Waals surface area contributed by atoms with Gasteiger partial charge < -0.3 is 10.2 Å². The fourth-order valence-electron chi connectivity index (χ4n) is 1.60. The molecule has 0 atom stereocenters. The van der Waals surface area contributed by atoms with Crippen LogP contribution in [0.5, 0.6) is 11.5 Å². The van der Waals surface area contributed by atoms with Crippen molar-refractivity contribution in [1.29, 1.82) is 0 Å². The monoisotopic (exact) mass is 263 g/mol. The van der Waals surface area contributed by atoms with E-state index in [0.29, 0.717) is 0 Å². The highest BCUT2D eigenvalue weighted by atomic mass is 32.1. The van der Waals surface area contributed by atoms with Crippen molar-refractivity contribution < 1.29 is 14.9 Å². The summed E-state index contributed by atoms with van der Waals surface area (Å²) in [6.07, 6.45) is 3.85. The first-order valence-electron chi connectivity index (χ1n) is 5.67. The van der Waals surface area contributed by atoms with Crippen LogP contribution < -0.4 is 4.68 Å². The Morgan fingerprint density at radius 3 is 2.72 bits per heavy atom. The molecule has 0 aliphatic carbocycles. The fourth-order valence-corrected chi connectivity index (χ4v) is 2.46. The lowest BCUT2D eigenvalue weighted by Crippen LogP contribution is -2.36. The number of aromatic nitrogens is 2. The summed E-state index contributed by atoms with van der Waals surface area (Å²) >= 11 is 1.62. The maximum absolute atomic E-state index is 9.40. The minimum absolute atomic E-state index is 0.107. The van der Waals surface area contributed by atoms with Crippen molar-refractivity contribution in [3.8, 4) is 11.5 Å². The minimum Gasteiger partial charge on any atom is -0.504 e. The molecule has 0 fully saturated rings. The van der Waals surface area contributed by atoms with Gasteiger partial charge >= 0.3 is 0 Å². The lowest BCUT2D eigenvalue weighted by atomic mass is 10.2. The van der Waals surface area contributed by atoms with Gasteiger partial charge in [-0.25, -0.2) is 0 Å². The normalized spacial score (nSPS) is 11.2. The van der Waals surface area contributed by atoms with Gasteiger partial charge in [0.25, 0.3) is 5.01 Å². The second kappa shape index (κ2) is 5.18. The summed E-state index contributed by atoms with van der Waals surface area (Å²) in [6.45, 7) is 4.84. The summed E-state index contributed by atoms with van der Waals surface area (Å²) in [7, 11) is 0. The first kappa shape index (κ1) is 12.6. The second-order valence-corrected chi connectivity index (χ2v) is 5.07. The smallest absolute Gasteiger partial charge is 0.289 e. The highest BCUT2D eigenvalue weighted by Crippen LogP contribution is 2.25. The minimum atomic E-state index is -0.110. The topological polar surface area (TPSA) is 57.2 Å². The maximum atomic E-state index is 9.40. The Hall–Kier alpha value is -1.88. The molecule has 0 saturated heterocycles. The molecule has 1 aromatic carbocycles. The van der Waals surface area contributed by atoms with Crippen LogP contribution in [0.15, 0.2) is 18.2 Å². The number of phenols is 2. The molecule has 0 radical (unpaired) electrons. The zero-order valence-electron chi connectivity index (χ0n) is 10.3. The van der Waals surface area contributed by atoms with Gasteiger partial charge in [0.05, 0.1) is 0 Å². The molecule has 0 aliphatic heterocycles. The van der Waals surface area contributed by atoms with Crippen LogP contribution in [0.25, 0.3) is 12.2 Å². The van der Waals surface area contributed by atoms with Crippen molar-refractivity contribution in [2.45, 2.75) is 20.4 Å². The molecule has 1 heterocycles. The van der Waals surface area contributed by atoms with Crippen LogP contribution in [0.4, 0.5) is 0 Å². The van der Waals surface area contributed by atoms with Crippen LogP contribution in [0.1, 0.15) is 22.5 Å². The molecule has 0 aliphatic rings. The Morgan fingerprint density at radius 2 is 2.06 bits per heavy atom. The summed E-state index contributed by atoms with van der Waals surface area (Å²) in [6, 6.07) is 4.74. The molecule has 18 heavy (non-hydrogen) atoms. The first-order chi connectivity index (χ1) is 8.60. The van der Waals surface area contributed by atoms with Crippen LogP contribution in [-0.2, 0) is 6.54 Å². The summed E-state index contributed by atoms with van der Waals surface area (Å²) in [4.78, 5) is 0. The highest BCUT2D eigenvalue weighted by molar-refractivity contribution is 7.11. The van der Waals surface area contributed by atoms with E-state index >= 15 is 0 Å². The first-order valence-corrected chi connectivity index (χ1v) is 6.49.